The molecule has 0 atom stereocenters. The summed E-state index contributed by atoms with van der Waals surface area (Å²) >= 11 is 0. The van der Waals surface area contributed by atoms with E-state index in [1.54, 1.807) is 0 Å². The van der Waals surface area contributed by atoms with E-state index < -0.39 is 17.0 Å². The highest BCUT2D eigenvalue weighted by molar-refractivity contribution is 5.40. The van der Waals surface area contributed by atoms with Crippen LogP contribution in [0.3, 0.4) is 0 Å². The lowest BCUT2D eigenvalue weighted by atomic mass is 9.50. The van der Waals surface area contributed by atoms with Crippen molar-refractivity contribution in [2.75, 3.05) is 13.2 Å². The van der Waals surface area contributed by atoms with Gasteiger partial charge in [0.25, 0.3) is 0 Å². The molecule has 2 nitrogen and oxygen atoms in total. The van der Waals surface area contributed by atoms with E-state index in [0.29, 0.717) is 26.1 Å². The third-order valence-corrected chi connectivity index (χ3v) is 3.83. The first-order valence-corrected chi connectivity index (χ1v) is 5.54. The Balaban J connectivity index is 2.00. The normalized spacial score (nSPS) is 23.6. The highest BCUT2D eigenvalue weighted by atomic mass is 19.1. The molecule has 3 rings (SSSR count). The Bertz CT molecular complexity index is 488. The Morgan fingerprint density at radius 1 is 1.18 bits per heavy atom. The lowest BCUT2D eigenvalue weighted by molar-refractivity contribution is -0.178. The van der Waals surface area contributed by atoms with Crippen molar-refractivity contribution in [3.63, 3.8) is 0 Å². The van der Waals surface area contributed by atoms with Crippen molar-refractivity contribution in [1.29, 1.82) is 5.26 Å². The molecule has 4 heteroatoms. The van der Waals surface area contributed by atoms with Crippen molar-refractivity contribution >= 4 is 0 Å². The summed E-state index contributed by atoms with van der Waals surface area (Å²) in [5.74, 6) is -1.25. The van der Waals surface area contributed by atoms with Crippen LogP contribution in [0.5, 0.6) is 0 Å². The Morgan fingerprint density at radius 2 is 1.76 bits per heavy atom. The predicted molar refractivity (Wildman–Crippen MR) is 56.1 cm³/mol. The monoisotopic (exact) mass is 235 g/mol. The second-order valence-corrected chi connectivity index (χ2v) is 5.14. The van der Waals surface area contributed by atoms with Gasteiger partial charge >= 0.3 is 0 Å². The molecule has 2 fully saturated rings. The first-order chi connectivity index (χ1) is 8.11. The van der Waals surface area contributed by atoms with E-state index >= 15 is 0 Å². The molecule has 1 aromatic rings. The number of nitriles is 1. The van der Waals surface area contributed by atoms with Crippen LogP contribution in [0.2, 0.25) is 0 Å². The molecular weight excluding hydrogens is 224 g/mol. The minimum Gasteiger partial charge on any atom is -0.380 e. The smallest absolute Gasteiger partial charge is 0.130 e. The topological polar surface area (TPSA) is 33.0 Å². The summed E-state index contributed by atoms with van der Waals surface area (Å²) in [5, 5.41) is 9.27. The van der Waals surface area contributed by atoms with Crippen LogP contribution in [0.4, 0.5) is 8.78 Å². The number of halogens is 2. The van der Waals surface area contributed by atoms with Crippen molar-refractivity contribution < 1.29 is 13.5 Å². The molecule has 0 N–H and O–H groups in total. The molecule has 1 aliphatic carbocycles. The lowest BCUT2D eigenvalue weighted by Crippen LogP contribution is -2.59. The van der Waals surface area contributed by atoms with E-state index in [9.17, 15) is 14.0 Å². The molecule has 1 saturated carbocycles. The van der Waals surface area contributed by atoms with Gasteiger partial charge in [0.2, 0.25) is 0 Å². The number of hydrogen-bond acceptors (Lipinski definition) is 2. The third kappa shape index (κ3) is 1.32. The van der Waals surface area contributed by atoms with Crippen LogP contribution in [0.1, 0.15) is 18.4 Å². The number of rotatable bonds is 1. The van der Waals surface area contributed by atoms with Crippen LogP contribution >= 0.6 is 0 Å². The first kappa shape index (κ1) is 10.7. The fourth-order valence-electron chi connectivity index (χ4n) is 3.09. The zero-order valence-corrected chi connectivity index (χ0v) is 9.17. The molecule has 0 unspecified atom stereocenters. The standard InChI is InChI=1S/C13H11F2NO/c14-9-2-1-3-10(15)11(9)13(6-16)4-12(5-13)7-17-8-12/h1-3H,4-5,7-8H2. The van der Waals surface area contributed by atoms with Crippen LogP contribution in [-0.2, 0) is 10.2 Å². The van der Waals surface area contributed by atoms with E-state index in [4.69, 9.17) is 4.74 Å². The van der Waals surface area contributed by atoms with Crippen LogP contribution < -0.4 is 0 Å². The van der Waals surface area contributed by atoms with E-state index in [1.165, 1.54) is 18.2 Å². The predicted octanol–water partition coefficient (Wildman–Crippen LogP) is 2.54. The molecule has 0 bridgehead atoms. The summed E-state index contributed by atoms with van der Waals surface area (Å²) < 4.78 is 32.5. The number of hydrogen-bond donors (Lipinski definition) is 0. The molecule has 1 aliphatic heterocycles. The highest BCUT2D eigenvalue weighted by Gasteiger charge is 2.61. The molecular formula is C13H11F2NO. The average Bonchev–Trinajstić information content (AvgIpc) is 2.18. The van der Waals surface area contributed by atoms with E-state index in [0.717, 1.165) is 0 Å². The van der Waals surface area contributed by atoms with E-state index in [2.05, 4.69) is 6.07 Å². The molecule has 1 aromatic carbocycles. The average molecular weight is 235 g/mol. The van der Waals surface area contributed by atoms with Gasteiger partial charge in [0.05, 0.1) is 24.7 Å². The van der Waals surface area contributed by atoms with Gasteiger partial charge in [-0.25, -0.2) is 8.78 Å². The number of nitrogens with zero attached hydrogens (tertiary/aromatic N) is 1. The summed E-state index contributed by atoms with van der Waals surface area (Å²) in [4.78, 5) is 0. The van der Waals surface area contributed by atoms with Gasteiger partial charge in [-0.05, 0) is 25.0 Å². The molecule has 2 aliphatic rings. The number of benzene rings is 1. The maximum atomic E-state index is 13.7. The van der Waals surface area contributed by atoms with Gasteiger partial charge in [-0.2, -0.15) is 5.26 Å². The SMILES string of the molecule is N#CC1(c2c(F)cccc2F)CC2(COC2)C1. The summed E-state index contributed by atoms with van der Waals surface area (Å²) in [7, 11) is 0. The molecule has 0 amide bonds. The van der Waals surface area contributed by atoms with Gasteiger partial charge in [-0.1, -0.05) is 6.07 Å². The Hall–Kier alpha value is -1.47. The summed E-state index contributed by atoms with van der Waals surface area (Å²) in [5.41, 5.74) is -1.08. The van der Waals surface area contributed by atoms with Crippen molar-refractivity contribution in [2.45, 2.75) is 18.3 Å². The minimum atomic E-state index is -1.00. The van der Waals surface area contributed by atoms with Crippen molar-refractivity contribution in [2.24, 2.45) is 5.41 Å². The van der Waals surface area contributed by atoms with E-state index in [1.807, 2.05) is 0 Å². The Kier molecular flexibility index (Phi) is 2.05. The van der Waals surface area contributed by atoms with Crippen molar-refractivity contribution in [3.05, 3.63) is 35.4 Å². The second kappa shape index (κ2) is 3.27. The van der Waals surface area contributed by atoms with Gasteiger partial charge in [-0.15, -0.1) is 0 Å². The second-order valence-electron chi connectivity index (χ2n) is 5.14. The fraction of sp³-hybridized carbons (Fsp3) is 0.462. The zero-order valence-electron chi connectivity index (χ0n) is 9.17. The van der Waals surface area contributed by atoms with Gasteiger partial charge in [0, 0.05) is 11.0 Å². The van der Waals surface area contributed by atoms with Crippen LogP contribution in [-0.4, -0.2) is 13.2 Å². The molecule has 0 aromatic heterocycles. The van der Waals surface area contributed by atoms with Crippen LogP contribution in [0, 0.1) is 28.4 Å². The maximum Gasteiger partial charge on any atom is 0.130 e. The van der Waals surface area contributed by atoms with E-state index in [-0.39, 0.29) is 11.0 Å². The minimum absolute atomic E-state index is 0.00947. The Labute approximate surface area is 97.8 Å². The summed E-state index contributed by atoms with van der Waals surface area (Å²) in [6, 6.07) is 5.84. The Morgan fingerprint density at radius 3 is 2.18 bits per heavy atom. The lowest BCUT2D eigenvalue weighted by Gasteiger charge is -2.57. The maximum absolute atomic E-state index is 13.7. The fourth-order valence-corrected chi connectivity index (χ4v) is 3.09. The third-order valence-electron chi connectivity index (χ3n) is 3.83. The molecule has 1 heterocycles. The summed E-state index contributed by atoms with van der Waals surface area (Å²) in [6.45, 7) is 1.21. The van der Waals surface area contributed by atoms with Gasteiger partial charge < -0.3 is 4.74 Å². The van der Waals surface area contributed by atoms with Crippen molar-refractivity contribution in [1.82, 2.24) is 0 Å². The van der Waals surface area contributed by atoms with Crippen LogP contribution in [0.15, 0.2) is 18.2 Å². The van der Waals surface area contributed by atoms with Crippen molar-refractivity contribution in [3.8, 4) is 6.07 Å². The largest absolute Gasteiger partial charge is 0.380 e. The van der Waals surface area contributed by atoms with Gasteiger partial charge in [0.1, 0.15) is 11.6 Å². The van der Waals surface area contributed by atoms with Gasteiger partial charge in [-0.3, -0.25) is 0 Å². The first-order valence-electron chi connectivity index (χ1n) is 5.54. The molecule has 1 spiro atoms. The molecule has 1 saturated heterocycles. The number of ether oxygens (including phenoxy) is 1. The molecule has 0 radical (unpaired) electrons. The molecule has 17 heavy (non-hydrogen) atoms. The van der Waals surface area contributed by atoms with Gasteiger partial charge in [0.15, 0.2) is 0 Å². The highest BCUT2D eigenvalue weighted by Crippen LogP contribution is 2.59. The quantitative estimate of drug-likeness (QED) is 0.749. The molecule has 88 valence electrons. The zero-order chi connectivity index (χ0) is 12.1. The van der Waals surface area contributed by atoms with Crippen LogP contribution in [0.25, 0.3) is 0 Å². The summed E-state index contributed by atoms with van der Waals surface area (Å²) in [6.07, 6.45) is 0.989.